The Bertz CT molecular complexity index is 1850. The van der Waals surface area contributed by atoms with E-state index in [1.54, 1.807) is 29.0 Å². The number of carbonyl (C=O) groups excluding carboxylic acids is 1. The molecule has 12 heteroatoms. The number of carbonyl (C=O) groups is 1. The van der Waals surface area contributed by atoms with Crippen molar-refractivity contribution in [3.05, 3.63) is 101 Å². The zero-order valence-corrected chi connectivity index (χ0v) is 31.7. The van der Waals surface area contributed by atoms with Gasteiger partial charge in [-0.2, -0.15) is 0 Å². The number of hydrogen-bond donors (Lipinski definition) is 6. The number of rotatable bonds is 9. The van der Waals surface area contributed by atoms with E-state index in [1.165, 1.54) is 12.0 Å². The number of pyridine rings is 1. The topological polar surface area (TPSA) is 149 Å². The van der Waals surface area contributed by atoms with Gasteiger partial charge in [-0.1, -0.05) is 57.2 Å². The number of fused-ring (bicyclic) bond motifs is 1. The zero-order chi connectivity index (χ0) is 37.5. The Hall–Kier alpha value is -4.94. The standard InChI is InChI=1S/C41H56N10O2/c1-41(2,3)36(42)26-38(45-30-14-12-29(13-15-30)27-49-24-22-48(4)23-25-49)47-40(52)46-34-17-18-35(33-11-7-6-10-32(33)34)53-31-16-19-37(43)51(28-31)39(44)50-20-8-5-9-21-50/h6-7,10-16,19,26,28,34-35,42-45H,5,8-9,17-18,20-25,27H2,1-4H3,(H2,46,47,52)/b38-26+,42-36?,43-37?,44-39?/t34-,35+/m0/s1. The summed E-state index contributed by atoms with van der Waals surface area (Å²) in [6, 6.07) is 19.2. The van der Waals surface area contributed by atoms with E-state index in [0.29, 0.717) is 36.1 Å². The molecule has 2 amide bonds. The first kappa shape index (κ1) is 37.8. The maximum absolute atomic E-state index is 13.6. The lowest BCUT2D eigenvalue weighted by molar-refractivity contribution is 0.148. The lowest BCUT2D eigenvalue weighted by Crippen LogP contribution is -2.43. The van der Waals surface area contributed by atoms with E-state index in [0.717, 1.165) is 75.5 Å². The van der Waals surface area contributed by atoms with Crippen LogP contribution in [-0.4, -0.2) is 83.3 Å². The number of urea groups is 1. The number of allylic oxidation sites excluding steroid dienone is 1. The summed E-state index contributed by atoms with van der Waals surface area (Å²) in [5.41, 5.74) is 4.28. The van der Waals surface area contributed by atoms with Gasteiger partial charge in [0.1, 0.15) is 23.2 Å². The zero-order valence-electron chi connectivity index (χ0n) is 31.7. The van der Waals surface area contributed by atoms with Crippen LogP contribution in [0.25, 0.3) is 0 Å². The molecule has 6 rings (SSSR count). The molecule has 3 aromatic rings. The van der Waals surface area contributed by atoms with Crippen molar-refractivity contribution in [2.75, 3.05) is 51.6 Å². The predicted molar refractivity (Wildman–Crippen MR) is 210 cm³/mol. The van der Waals surface area contributed by atoms with Crippen LogP contribution in [0.1, 0.15) is 81.7 Å². The van der Waals surface area contributed by atoms with Gasteiger partial charge in [-0.3, -0.25) is 25.6 Å². The van der Waals surface area contributed by atoms with Gasteiger partial charge in [0.05, 0.1) is 12.2 Å². The first-order valence-electron chi connectivity index (χ1n) is 18.9. The van der Waals surface area contributed by atoms with Crippen LogP contribution in [0.3, 0.4) is 0 Å². The third-order valence-corrected chi connectivity index (χ3v) is 10.4. The number of likely N-dealkylation sites (N-methyl/N-ethyl adjacent to an activating group) is 1. The Morgan fingerprint density at radius 2 is 1.58 bits per heavy atom. The smallest absolute Gasteiger partial charge is 0.320 e. The average Bonchev–Trinajstić information content (AvgIpc) is 3.14. The number of ether oxygens (including phenoxy) is 1. The molecule has 2 fully saturated rings. The van der Waals surface area contributed by atoms with Crippen LogP contribution in [0.15, 0.2) is 78.8 Å². The minimum atomic E-state index is -0.400. The molecular weight excluding hydrogens is 665 g/mol. The van der Waals surface area contributed by atoms with E-state index < -0.39 is 5.41 Å². The molecule has 3 aliphatic rings. The summed E-state index contributed by atoms with van der Waals surface area (Å²) >= 11 is 0. The molecule has 0 saturated carbocycles. The summed E-state index contributed by atoms with van der Waals surface area (Å²) in [6.45, 7) is 12.8. The maximum Gasteiger partial charge on any atom is 0.320 e. The number of benzene rings is 2. The molecule has 2 aromatic carbocycles. The normalized spacial score (nSPS) is 19.9. The van der Waals surface area contributed by atoms with Gasteiger partial charge in [-0.25, -0.2) is 4.79 Å². The Morgan fingerprint density at radius 1 is 0.887 bits per heavy atom. The minimum absolute atomic E-state index is 0.240. The largest absolute Gasteiger partial charge is 0.484 e. The van der Waals surface area contributed by atoms with Gasteiger partial charge >= 0.3 is 6.03 Å². The Balaban J connectivity index is 1.12. The molecule has 53 heavy (non-hydrogen) atoms. The predicted octanol–water partition coefficient (Wildman–Crippen LogP) is 6.26. The van der Waals surface area contributed by atoms with Crippen molar-refractivity contribution in [2.45, 2.75) is 71.6 Å². The molecule has 1 aromatic heterocycles. The first-order valence-corrected chi connectivity index (χ1v) is 18.9. The van der Waals surface area contributed by atoms with Crippen LogP contribution in [0.4, 0.5) is 10.5 Å². The number of hydrogen-bond acceptors (Lipinski definition) is 8. The van der Waals surface area contributed by atoms with Crippen molar-refractivity contribution in [1.29, 1.82) is 16.2 Å². The van der Waals surface area contributed by atoms with Gasteiger partial charge in [-0.15, -0.1) is 0 Å². The third kappa shape index (κ3) is 9.94. The van der Waals surface area contributed by atoms with Crippen LogP contribution in [0.2, 0.25) is 0 Å². The van der Waals surface area contributed by atoms with E-state index in [1.807, 2.05) is 62.1 Å². The van der Waals surface area contributed by atoms with Gasteiger partial charge in [0.15, 0.2) is 0 Å². The quantitative estimate of drug-likeness (QED) is 0.114. The SMILES string of the molecule is CN1CCN(Cc2ccc(N/C(=C\C(=N)C(C)(C)C)NC(=O)N[C@H]3CC[C@@H](Oc4ccc(=N)n(C(=N)N5CCCCC5)c4)c4ccccc43)cc2)CC1. The van der Waals surface area contributed by atoms with Crippen molar-refractivity contribution in [2.24, 2.45) is 5.41 Å². The number of amides is 2. The van der Waals surface area contributed by atoms with Crippen molar-refractivity contribution < 1.29 is 9.53 Å². The highest BCUT2D eigenvalue weighted by molar-refractivity contribution is 5.97. The molecular formula is C41H56N10O2. The van der Waals surface area contributed by atoms with Crippen LogP contribution in [0, 0.1) is 21.6 Å². The summed E-state index contributed by atoms with van der Waals surface area (Å²) in [5, 5.41) is 35.5. The number of nitrogens with zero attached hydrogens (tertiary/aromatic N) is 4. The molecule has 2 aliphatic heterocycles. The summed E-state index contributed by atoms with van der Waals surface area (Å²) in [4.78, 5) is 20.5. The fourth-order valence-corrected chi connectivity index (χ4v) is 7.07. The van der Waals surface area contributed by atoms with Gasteiger partial charge in [0, 0.05) is 68.7 Å². The summed E-state index contributed by atoms with van der Waals surface area (Å²) in [6.07, 6.45) is 7.81. The summed E-state index contributed by atoms with van der Waals surface area (Å²) in [5.74, 6) is 1.33. The second-order valence-electron chi connectivity index (χ2n) is 15.6. The molecule has 3 heterocycles. The molecule has 12 nitrogen and oxygen atoms in total. The molecule has 6 N–H and O–H groups in total. The Kier molecular flexibility index (Phi) is 12.0. The van der Waals surface area contributed by atoms with Crippen molar-refractivity contribution in [3.63, 3.8) is 0 Å². The number of aromatic nitrogens is 1. The fraction of sp³-hybridized carbons (Fsp3) is 0.463. The molecule has 0 radical (unpaired) electrons. The Labute approximate surface area is 313 Å². The molecule has 0 unspecified atom stereocenters. The lowest BCUT2D eigenvalue weighted by Gasteiger charge is -2.33. The van der Waals surface area contributed by atoms with Crippen LogP contribution in [0.5, 0.6) is 5.75 Å². The highest BCUT2D eigenvalue weighted by Crippen LogP contribution is 2.38. The van der Waals surface area contributed by atoms with E-state index >= 15 is 0 Å². The number of piperazine rings is 1. The van der Waals surface area contributed by atoms with Crippen LogP contribution < -0.4 is 26.2 Å². The molecule has 2 saturated heterocycles. The van der Waals surface area contributed by atoms with E-state index in [9.17, 15) is 4.79 Å². The van der Waals surface area contributed by atoms with E-state index in [2.05, 4.69) is 44.9 Å². The van der Waals surface area contributed by atoms with Gasteiger partial charge in [0.25, 0.3) is 0 Å². The molecule has 282 valence electrons. The monoisotopic (exact) mass is 720 g/mol. The third-order valence-electron chi connectivity index (χ3n) is 10.4. The highest BCUT2D eigenvalue weighted by atomic mass is 16.5. The van der Waals surface area contributed by atoms with E-state index in [4.69, 9.17) is 21.0 Å². The van der Waals surface area contributed by atoms with Crippen molar-refractivity contribution >= 4 is 23.4 Å². The molecule has 2 atom stereocenters. The number of anilines is 1. The second-order valence-corrected chi connectivity index (χ2v) is 15.6. The lowest BCUT2D eigenvalue weighted by atomic mass is 9.85. The summed E-state index contributed by atoms with van der Waals surface area (Å²) < 4.78 is 8.12. The molecule has 0 spiro atoms. The fourth-order valence-electron chi connectivity index (χ4n) is 7.07. The van der Waals surface area contributed by atoms with Crippen molar-refractivity contribution in [1.82, 2.24) is 29.9 Å². The second kappa shape index (κ2) is 16.8. The van der Waals surface area contributed by atoms with Gasteiger partial charge in [-0.05, 0) is 80.1 Å². The molecule has 0 bridgehead atoms. The van der Waals surface area contributed by atoms with Gasteiger partial charge in [0.2, 0.25) is 5.96 Å². The average molecular weight is 721 g/mol. The molecule has 1 aliphatic carbocycles. The minimum Gasteiger partial charge on any atom is -0.484 e. The van der Waals surface area contributed by atoms with Crippen LogP contribution >= 0.6 is 0 Å². The van der Waals surface area contributed by atoms with E-state index in [-0.39, 0.29) is 23.7 Å². The Morgan fingerprint density at radius 3 is 2.28 bits per heavy atom. The number of piperidine rings is 1. The number of nitrogens with one attached hydrogen (secondary N) is 6. The van der Waals surface area contributed by atoms with Crippen molar-refractivity contribution in [3.8, 4) is 5.75 Å². The highest BCUT2D eigenvalue weighted by Gasteiger charge is 2.30. The van der Waals surface area contributed by atoms with Gasteiger partial charge < -0.3 is 30.6 Å². The summed E-state index contributed by atoms with van der Waals surface area (Å²) in [7, 11) is 2.16. The maximum atomic E-state index is 13.6. The van der Waals surface area contributed by atoms with Crippen LogP contribution in [-0.2, 0) is 6.54 Å². The number of likely N-dealkylation sites (tertiary alicyclic amines) is 1. The first-order chi connectivity index (χ1) is 25.4.